The molecule has 1 N–H and O–H groups in total. The van der Waals surface area contributed by atoms with Crippen LogP contribution in [0.1, 0.15) is 12.0 Å². The molecule has 0 heterocycles. The van der Waals surface area contributed by atoms with Crippen LogP contribution in [0, 0.1) is 5.82 Å². The number of aldehydes is 1. The Morgan fingerprint density at radius 2 is 2.23 bits per heavy atom. The van der Waals surface area contributed by atoms with Crippen LogP contribution in [-0.4, -0.2) is 11.4 Å². The van der Waals surface area contributed by atoms with Gasteiger partial charge in [0.05, 0.1) is 5.02 Å². The topological polar surface area (TPSA) is 37.3 Å². The predicted octanol–water partition coefficient (Wildman–Crippen LogP) is 2.32. The minimum absolute atomic E-state index is 0.109. The van der Waals surface area contributed by atoms with Gasteiger partial charge in [0, 0.05) is 6.42 Å². The van der Waals surface area contributed by atoms with Crippen LogP contribution in [0.15, 0.2) is 12.1 Å². The summed E-state index contributed by atoms with van der Waals surface area (Å²) in [6.07, 6.45) is 1.42. The number of carbonyl (C=O) groups excluding carboxylic acids is 1. The van der Waals surface area contributed by atoms with Crippen LogP contribution < -0.4 is 0 Å². The maximum absolute atomic E-state index is 12.9. The zero-order valence-corrected chi connectivity index (χ0v) is 7.51. The molecular formula is C9H8ClFO2. The van der Waals surface area contributed by atoms with Gasteiger partial charge < -0.3 is 9.90 Å². The molecule has 70 valence electrons. The summed E-state index contributed by atoms with van der Waals surface area (Å²) < 4.78 is 12.9. The quantitative estimate of drug-likeness (QED) is 0.764. The fourth-order valence-electron chi connectivity index (χ4n) is 0.987. The second-order valence-corrected chi connectivity index (χ2v) is 2.96. The highest BCUT2D eigenvalue weighted by Crippen LogP contribution is 2.27. The van der Waals surface area contributed by atoms with Crippen molar-refractivity contribution in [3.63, 3.8) is 0 Å². The average molecular weight is 203 g/mol. The third-order valence-electron chi connectivity index (χ3n) is 1.67. The number of rotatable bonds is 3. The van der Waals surface area contributed by atoms with E-state index >= 15 is 0 Å². The smallest absolute Gasteiger partial charge is 0.183 e. The zero-order chi connectivity index (χ0) is 9.84. The summed E-state index contributed by atoms with van der Waals surface area (Å²) in [5.74, 6) is -1.30. The highest BCUT2D eigenvalue weighted by atomic mass is 35.5. The van der Waals surface area contributed by atoms with Gasteiger partial charge in [0.25, 0.3) is 0 Å². The van der Waals surface area contributed by atoms with Crippen LogP contribution in [-0.2, 0) is 11.2 Å². The lowest BCUT2D eigenvalue weighted by Crippen LogP contribution is -1.90. The Kier molecular flexibility index (Phi) is 3.25. The van der Waals surface area contributed by atoms with E-state index in [2.05, 4.69) is 0 Å². The molecule has 0 saturated heterocycles. The van der Waals surface area contributed by atoms with Gasteiger partial charge in [-0.1, -0.05) is 17.7 Å². The van der Waals surface area contributed by atoms with Crippen LogP contribution in [0.3, 0.4) is 0 Å². The van der Waals surface area contributed by atoms with E-state index in [-0.39, 0.29) is 5.02 Å². The second kappa shape index (κ2) is 4.23. The van der Waals surface area contributed by atoms with E-state index in [1.807, 2.05) is 0 Å². The summed E-state index contributed by atoms with van der Waals surface area (Å²) in [5, 5.41) is 8.81. The molecule has 2 nitrogen and oxygen atoms in total. The van der Waals surface area contributed by atoms with Gasteiger partial charge in [0.15, 0.2) is 11.6 Å². The lowest BCUT2D eigenvalue weighted by molar-refractivity contribution is -0.107. The van der Waals surface area contributed by atoms with Crippen molar-refractivity contribution in [3.05, 3.63) is 28.5 Å². The molecule has 0 aliphatic rings. The van der Waals surface area contributed by atoms with Crippen molar-refractivity contribution in [1.29, 1.82) is 0 Å². The molecule has 0 amide bonds. The molecule has 4 heteroatoms. The van der Waals surface area contributed by atoms with Crippen LogP contribution >= 0.6 is 11.6 Å². The molecule has 13 heavy (non-hydrogen) atoms. The molecule has 1 aromatic carbocycles. The van der Waals surface area contributed by atoms with Gasteiger partial charge in [-0.3, -0.25) is 0 Å². The molecule has 0 bridgehead atoms. The molecule has 1 rings (SSSR count). The Hall–Kier alpha value is -1.09. The minimum Gasteiger partial charge on any atom is -0.505 e. The number of carbonyl (C=O) groups is 1. The first-order valence-electron chi connectivity index (χ1n) is 3.76. The first-order valence-corrected chi connectivity index (χ1v) is 4.14. The molecule has 0 aliphatic heterocycles. The zero-order valence-electron chi connectivity index (χ0n) is 6.76. The van der Waals surface area contributed by atoms with Crippen molar-refractivity contribution in [3.8, 4) is 5.75 Å². The third kappa shape index (κ3) is 2.18. The van der Waals surface area contributed by atoms with Crippen molar-refractivity contribution in [2.45, 2.75) is 12.8 Å². The molecule has 0 aliphatic carbocycles. The van der Waals surface area contributed by atoms with Gasteiger partial charge in [0.1, 0.15) is 6.29 Å². The van der Waals surface area contributed by atoms with Crippen LogP contribution in [0.4, 0.5) is 4.39 Å². The van der Waals surface area contributed by atoms with Gasteiger partial charge in [0.2, 0.25) is 0 Å². The van der Waals surface area contributed by atoms with E-state index < -0.39 is 11.6 Å². The largest absolute Gasteiger partial charge is 0.505 e. The minimum atomic E-state index is -0.829. The first kappa shape index (κ1) is 9.99. The van der Waals surface area contributed by atoms with E-state index in [1.165, 1.54) is 12.1 Å². The van der Waals surface area contributed by atoms with Gasteiger partial charge in [-0.2, -0.15) is 0 Å². The maximum atomic E-state index is 12.9. The number of halogens is 2. The Balaban J connectivity index is 2.96. The Bertz CT molecular complexity index is 326. The Labute approximate surface area is 80.0 Å². The van der Waals surface area contributed by atoms with E-state index in [0.29, 0.717) is 18.4 Å². The SMILES string of the molecule is O=CCCc1ccc(O)c(F)c1Cl. The average Bonchev–Trinajstić information content (AvgIpc) is 2.13. The van der Waals surface area contributed by atoms with Gasteiger partial charge in [-0.05, 0) is 18.1 Å². The van der Waals surface area contributed by atoms with Crippen LogP contribution in [0.25, 0.3) is 0 Å². The normalized spacial score (nSPS) is 10.0. The van der Waals surface area contributed by atoms with Gasteiger partial charge >= 0.3 is 0 Å². The van der Waals surface area contributed by atoms with Crippen LogP contribution in [0.2, 0.25) is 5.02 Å². The van der Waals surface area contributed by atoms with Crippen molar-refractivity contribution in [1.82, 2.24) is 0 Å². The number of hydrogen-bond donors (Lipinski definition) is 1. The van der Waals surface area contributed by atoms with Crippen molar-refractivity contribution in [2.24, 2.45) is 0 Å². The molecule has 0 radical (unpaired) electrons. The van der Waals surface area contributed by atoms with Crippen LogP contribution in [0.5, 0.6) is 5.75 Å². The fraction of sp³-hybridized carbons (Fsp3) is 0.222. The summed E-state index contributed by atoms with van der Waals surface area (Å²) in [4.78, 5) is 10.1. The molecule has 0 fully saturated rings. The molecule has 0 spiro atoms. The molecule has 0 saturated carbocycles. The fourth-order valence-corrected chi connectivity index (χ4v) is 1.24. The Morgan fingerprint density at radius 3 is 2.85 bits per heavy atom. The lowest BCUT2D eigenvalue weighted by Gasteiger charge is -2.03. The molecule has 0 atom stereocenters. The van der Waals surface area contributed by atoms with Gasteiger partial charge in [-0.25, -0.2) is 4.39 Å². The van der Waals surface area contributed by atoms with Crippen molar-refractivity contribution < 1.29 is 14.3 Å². The molecular weight excluding hydrogens is 195 g/mol. The van der Waals surface area contributed by atoms with Crippen molar-refractivity contribution in [2.75, 3.05) is 0 Å². The highest BCUT2D eigenvalue weighted by molar-refractivity contribution is 6.31. The summed E-state index contributed by atoms with van der Waals surface area (Å²) >= 11 is 5.58. The summed E-state index contributed by atoms with van der Waals surface area (Å²) in [5.41, 5.74) is 0.532. The maximum Gasteiger partial charge on any atom is 0.183 e. The summed E-state index contributed by atoms with van der Waals surface area (Å²) in [6, 6.07) is 2.73. The number of phenols is 1. The van der Waals surface area contributed by atoms with E-state index in [9.17, 15) is 9.18 Å². The number of hydrogen-bond acceptors (Lipinski definition) is 2. The molecule has 0 aromatic heterocycles. The third-order valence-corrected chi connectivity index (χ3v) is 2.08. The summed E-state index contributed by atoms with van der Waals surface area (Å²) in [7, 11) is 0. The predicted molar refractivity (Wildman–Crippen MR) is 47.5 cm³/mol. The number of phenolic OH excluding ortho intramolecular Hbond substituents is 1. The second-order valence-electron chi connectivity index (χ2n) is 2.58. The Morgan fingerprint density at radius 1 is 1.54 bits per heavy atom. The number of benzene rings is 1. The highest BCUT2D eigenvalue weighted by Gasteiger charge is 2.09. The van der Waals surface area contributed by atoms with E-state index in [0.717, 1.165) is 6.29 Å². The van der Waals surface area contributed by atoms with E-state index in [1.54, 1.807) is 0 Å². The monoisotopic (exact) mass is 202 g/mol. The molecule has 0 unspecified atom stereocenters. The van der Waals surface area contributed by atoms with Gasteiger partial charge in [-0.15, -0.1) is 0 Å². The standard InChI is InChI=1S/C9H8ClFO2/c10-8-6(2-1-5-12)3-4-7(13)9(8)11/h3-5,13H,1-2H2. The lowest BCUT2D eigenvalue weighted by atomic mass is 10.1. The van der Waals surface area contributed by atoms with Crippen molar-refractivity contribution >= 4 is 17.9 Å². The summed E-state index contributed by atoms with van der Waals surface area (Å²) in [6.45, 7) is 0. The number of aryl methyl sites for hydroxylation is 1. The number of aromatic hydroxyl groups is 1. The molecule has 1 aromatic rings. The first-order chi connectivity index (χ1) is 6.16. The van der Waals surface area contributed by atoms with E-state index in [4.69, 9.17) is 16.7 Å².